The maximum Gasteiger partial charge on any atom is 0.264 e. The van der Waals surface area contributed by atoms with Gasteiger partial charge in [-0.3, -0.25) is 13.9 Å². The first-order chi connectivity index (χ1) is 19.1. The van der Waals surface area contributed by atoms with Crippen molar-refractivity contribution in [2.24, 2.45) is 0 Å². The first-order valence-electron chi connectivity index (χ1n) is 13.2. The summed E-state index contributed by atoms with van der Waals surface area (Å²) in [4.78, 5) is 28.5. The van der Waals surface area contributed by atoms with Crippen LogP contribution < -0.4 is 9.62 Å². The Morgan fingerprint density at radius 1 is 1.00 bits per heavy atom. The number of halogens is 2. The number of benzene rings is 3. The van der Waals surface area contributed by atoms with Gasteiger partial charge in [-0.1, -0.05) is 56.1 Å². The molecule has 0 aliphatic heterocycles. The topological polar surface area (TPSA) is 86.8 Å². The molecule has 0 fully saturated rings. The molecule has 0 bridgehead atoms. The standard InChI is InChI=1S/C30H35ClFN3O4S/c1-4-6-18-33-30(37)28(5-2)34(20-23-10-14-25(32)15-11-23)29(36)21-35(26-9-7-8-22(3)19-26)40(38,39)27-16-12-24(31)13-17-27/h7-17,19,28H,4-6,18,20-21H2,1-3H3,(H,33,37). The lowest BCUT2D eigenvalue weighted by molar-refractivity contribution is -0.140. The predicted molar refractivity (Wildman–Crippen MR) is 156 cm³/mol. The fourth-order valence-electron chi connectivity index (χ4n) is 4.26. The molecule has 214 valence electrons. The molecule has 3 rings (SSSR count). The number of nitrogens with zero attached hydrogens (tertiary/aromatic N) is 2. The lowest BCUT2D eigenvalue weighted by Crippen LogP contribution is -2.52. The van der Waals surface area contributed by atoms with Gasteiger partial charge in [0.05, 0.1) is 10.6 Å². The summed E-state index contributed by atoms with van der Waals surface area (Å²) >= 11 is 5.99. The van der Waals surface area contributed by atoms with Crippen LogP contribution in [0.3, 0.4) is 0 Å². The van der Waals surface area contributed by atoms with Gasteiger partial charge >= 0.3 is 0 Å². The third-order valence-corrected chi connectivity index (χ3v) is 8.49. The van der Waals surface area contributed by atoms with Gasteiger partial charge in [0.1, 0.15) is 18.4 Å². The molecule has 1 N–H and O–H groups in total. The highest BCUT2D eigenvalue weighted by Gasteiger charge is 2.33. The van der Waals surface area contributed by atoms with E-state index in [0.29, 0.717) is 29.2 Å². The quantitative estimate of drug-likeness (QED) is 0.260. The van der Waals surface area contributed by atoms with Crippen LogP contribution in [0.2, 0.25) is 5.02 Å². The summed E-state index contributed by atoms with van der Waals surface area (Å²) in [6.07, 6.45) is 1.98. The number of sulfonamides is 1. The Labute approximate surface area is 241 Å². The fraction of sp³-hybridized carbons (Fsp3) is 0.333. The van der Waals surface area contributed by atoms with Crippen LogP contribution in [0.15, 0.2) is 77.7 Å². The number of anilines is 1. The van der Waals surface area contributed by atoms with Crippen LogP contribution >= 0.6 is 11.6 Å². The molecule has 0 spiro atoms. The lowest BCUT2D eigenvalue weighted by atomic mass is 10.1. The zero-order valence-corrected chi connectivity index (χ0v) is 24.5. The zero-order valence-electron chi connectivity index (χ0n) is 22.9. The van der Waals surface area contributed by atoms with Crippen molar-refractivity contribution in [1.29, 1.82) is 0 Å². The normalized spacial score (nSPS) is 12.0. The molecule has 2 amide bonds. The van der Waals surface area contributed by atoms with Crippen molar-refractivity contribution in [2.75, 3.05) is 17.4 Å². The number of unbranched alkanes of at least 4 members (excludes halogenated alkanes) is 1. The van der Waals surface area contributed by atoms with Crippen molar-refractivity contribution in [3.63, 3.8) is 0 Å². The first kappa shape index (κ1) is 31.1. The van der Waals surface area contributed by atoms with E-state index in [9.17, 15) is 22.4 Å². The largest absolute Gasteiger partial charge is 0.354 e. The Kier molecular flexibility index (Phi) is 11.1. The van der Waals surface area contributed by atoms with Crippen molar-refractivity contribution >= 4 is 39.1 Å². The third-order valence-electron chi connectivity index (χ3n) is 6.45. The molecule has 0 aliphatic rings. The molecule has 0 heterocycles. The lowest BCUT2D eigenvalue weighted by Gasteiger charge is -2.33. The maximum atomic E-state index is 14.0. The van der Waals surface area contributed by atoms with Crippen molar-refractivity contribution in [3.8, 4) is 0 Å². The fourth-order valence-corrected chi connectivity index (χ4v) is 5.79. The zero-order chi connectivity index (χ0) is 29.3. The summed E-state index contributed by atoms with van der Waals surface area (Å²) in [6, 6.07) is 17.3. The molecular weight excluding hydrogens is 553 g/mol. The van der Waals surface area contributed by atoms with Gasteiger partial charge in [0.15, 0.2) is 0 Å². The predicted octanol–water partition coefficient (Wildman–Crippen LogP) is 5.71. The molecule has 0 radical (unpaired) electrons. The van der Waals surface area contributed by atoms with E-state index in [0.717, 1.165) is 22.7 Å². The molecule has 0 aromatic heterocycles. The Hall–Kier alpha value is -3.43. The Morgan fingerprint density at radius 2 is 1.68 bits per heavy atom. The monoisotopic (exact) mass is 587 g/mol. The molecule has 0 saturated carbocycles. The van der Waals surface area contributed by atoms with E-state index in [1.807, 2.05) is 19.9 Å². The first-order valence-corrected chi connectivity index (χ1v) is 15.0. The molecule has 0 aliphatic carbocycles. The molecule has 3 aromatic carbocycles. The number of hydrogen-bond donors (Lipinski definition) is 1. The summed E-state index contributed by atoms with van der Waals surface area (Å²) < 4.78 is 42.3. The van der Waals surface area contributed by atoms with Crippen LogP contribution in [0.5, 0.6) is 0 Å². The molecule has 10 heteroatoms. The number of carbonyl (C=O) groups excluding carboxylic acids is 2. The number of amides is 2. The molecule has 7 nitrogen and oxygen atoms in total. The Balaban J connectivity index is 2.03. The van der Waals surface area contributed by atoms with E-state index in [-0.39, 0.29) is 17.3 Å². The molecule has 40 heavy (non-hydrogen) atoms. The summed E-state index contributed by atoms with van der Waals surface area (Å²) in [6.45, 7) is 5.54. The highest BCUT2D eigenvalue weighted by molar-refractivity contribution is 7.92. The minimum atomic E-state index is -4.19. The van der Waals surface area contributed by atoms with Gasteiger partial charge in [0, 0.05) is 18.1 Å². The summed E-state index contributed by atoms with van der Waals surface area (Å²) in [7, 11) is -4.19. The Morgan fingerprint density at radius 3 is 2.27 bits per heavy atom. The number of nitrogens with one attached hydrogen (secondary N) is 1. The smallest absolute Gasteiger partial charge is 0.264 e. The second-order valence-electron chi connectivity index (χ2n) is 9.52. The minimum Gasteiger partial charge on any atom is -0.354 e. The van der Waals surface area contributed by atoms with Crippen LogP contribution in [0.25, 0.3) is 0 Å². The number of carbonyl (C=O) groups is 2. The average molecular weight is 588 g/mol. The molecule has 1 atom stereocenters. The maximum absolute atomic E-state index is 14.0. The van der Waals surface area contributed by atoms with Crippen molar-refractivity contribution in [3.05, 3.63) is 94.8 Å². The molecule has 3 aromatic rings. The average Bonchev–Trinajstić information content (AvgIpc) is 2.93. The number of hydrogen-bond acceptors (Lipinski definition) is 4. The summed E-state index contributed by atoms with van der Waals surface area (Å²) in [5, 5.41) is 3.26. The highest BCUT2D eigenvalue weighted by Crippen LogP contribution is 2.26. The third kappa shape index (κ3) is 8.05. The Bertz CT molecular complexity index is 1400. The van der Waals surface area contributed by atoms with Crippen molar-refractivity contribution < 1.29 is 22.4 Å². The van der Waals surface area contributed by atoms with Crippen LogP contribution in [-0.4, -0.2) is 44.3 Å². The van der Waals surface area contributed by atoms with E-state index in [4.69, 9.17) is 11.6 Å². The van der Waals surface area contributed by atoms with Gasteiger partial charge in [-0.2, -0.15) is 0 Å². The van der Waals surface area contributed by atoms with Crippen LogP contribution in [0, 0.1) is 12.7 Å². The van der Waals surface area contributed by atoms with E-state index < -0.39 is 34.3 Å². The van der Waals surface area contributed by atoms with Gasteiger partial charge in [-0.05, 0) is 79.4 Å². The second kappa shape index (κ2) is 14.3. The number of aryl methyl sites for hydroxylation is 1. The minimum absolute atomic E-state index is 0.00146. The van der Waals surface area contributed by atoms with Crippen molar-refractivity contribution in [1.82, 2.24) is 10.2 Å². The van der Waals surface area contributed by atoms with E-state index in [1.54, 1.807) is 37.3 Å². The summed E-state index contributed by atoms with van der Waals surface area (Å²) in [5.41, 5.74) is 1.73. The summed E-state index contributed by atoms with van der Waals surface area (Å²) in [5.74, 6) is -1.32. The van der Waals surface area contributed by atoms with Gasteiger partial charge in [0.25, 0.3) is 10.0 Å². The van der Waals surface area contributed by atoms with Crippen molar-refractivity contribution in [2.45, 2.75) is 57.5 Å². The van der Waals surface area contributed by atoms with Crippen LogP contribution in [0.4, 0.5) is 10.1 Å². The second-order valence-corrected chi connectivity index (χ2v) is 11.8. The van der Waals surface area contributed by atoms with Crippen LogP contribution in [-0.2, 0) is 26.2 Å². The molecule has 1 unspecified atom stereocenters. The number of rotatable bonds is 13. The van der Waals surface area contributed by atoms with E-state index >= 15 is 0 Å². The van der Waals surface area contributed by atoms with E-state index in [2.05, 4.69) is 5.32 Å². The van der Waals surface area contributed by atoms with Crippen LogP contribution in [0.1, 0.15) is 44.2 Å². The highest BCUT2D eigenvalue weighted by atomic mass is 35.5. The van der Waals surface area contributed by atoms with Gasteiger partial charge in [0.2, 0.25) is 11.8 Å². The van der Waals surface area contributed by atoms with E-state index in [1.165, 1.54) is 41.3 Å². The SMILES string of the molecule is CCCCNC(=O)C(CC)N(Cc1ccc(F)cc1)C(=O)CN(c1cccc(C)c1)S(=O)(=O)c1ccc(Cl)cc1. The van der Waals surface area contributed by atoms with Gasteiger partial charge < -0.3 is 10.2 Å². The molecule has 0 saturated heterocycles. The van der Waals surface area contributed by atoms with Gasteiger partial charge in [-0.25, -0.2) is 12.8 Å². The molecular formula is C30H35ClFN3O4S. The van der Waals surface area contributed by atoms with Gasteiger partial charge in [-0.15, -0.1) is 0 Å².